The minimum Gasteiger partial charge on any atom is -0.454 e. The fourth-order valence-electron chi connectivity index (χ4n) is 2.91. The normalized spacial score (nSPS) is 17.2. The Morgan fingerprint density at radius 2 is 1.79 bits per heavy atom. The lowest BCUT2D eigenvalue weighted by molar-refractivity contribution is 0.174. The highest BCUT2D eigenvalue weighted by Gasteiger charge is 2.17. The van der Waals surface area contributed by atoms with Crippen molar-refractivity contribution in [2.45, 2.75) is 6.92 Å². The molecule has 0 bridgehead atoms. The van der Waals surface area contributed by atoms with Crippen LogP contribution in [0.2, 0.25) is 0 Å². The maximum atomic E-state index is 5.41. The Balaban J connectivity index is 1.55. The summed E-state index contributed by atoms with van der Waals surface area (Å²) in [6.45, 7) is 6.33. The van der Waals surface area contributed by atoms with E-state index in [0.29, 0.717) is 5.95 Å². The zero-order valence-electron chi connectivity index (χ0n) is 14.0. The lowest BCUT2D eigenvalue weighted by atomic mass is 10.3. The predicted octanol–water partition coefficient (Wildman–Crippen LogP) is 2.01. The number of nitrogens with zero attached hydrogens (tertiary/aromatic N) is 4. The summed E-state index contributed by atoms with van der Waals surface area (Å²) < 4.78 is 10.8. The van der Waals surface area contributed by atoms with Crippen LogP contribution in [0.25, 0.3) is 0 Å². The van der Waals surface area contributed by atoms with Crippen LogP contribution in [-0.4, -0.2) is 54.9 Å². The number of fused-ring (bicyclic) bond motifs is 1. The van der Waals surface area contributed by atoms with Crippen LogP contribution in [0.15, 0.2) is 24.3 Å². The molecule has 1 fully saturated rings. The van der Waals surface area contributed by atoms with Gasteiger partial charge in [0.15, 0.2) is 11.5 Å². The molecule has 1 N–H and O–H groups in total. The number of nitrogens with one attached hydrogen (secondary N) is 1. The lowest BCUT2D eigenvalue weighted by Gasteiger charge is -2.33. The topological polar surface area (TPSA) is 62.8 Å². The third-order valence-electron chi connectivity index (χ3n) is 4.30. The number of rotatable bonds is 3. The summed E-state index contributed by atoms with van der Waals surface area (Å²) in [4.78, 5) is 13.8. The molecule has 0 amide bonds. The van der Waals surface area contributed by atoms with Gasteiger partial charge in [-0.25, -0.2) is 4.98 Å². The average Bonchev–Trinajstić information content (AvgIpc) is 3.02. The van der Waals surface area contributed by atoms with Gasteiger partial charge in [-0.3, -0.25) is 0 Å². The molecule has 24 heavy (non-hydrogen) atoms. The van der Waals surface area contributed by atoms with Gasteiger partial charge in [0.25, 0.3) is 0 Å². The molecule has 7 heteroatoms. The predicted molar refractivity (Wildman–Crippen MR) is 92.3 cm³/mol. The second-order valence-corrected chi connectivity index (χ2v) is 6.17. The van der Waals surface area contributed by atoms with Crippen LogP contribution < -0.4 is 19.7 Å². The van der Waals surface area contributed by atoms with Crippen molar-refractivity contribution < 1.29 is 9.47 Å². The molecule has 3 heterocycles. The monoisotopic (exact) mass is 327 g/mol. The second-order valence-electron chi connectivity index (χ2n) is 6.17. The molecule has 0 atom stereocenters. The Morgan fingerprint density at radius 1 is 1.00 bits per heavy atom. The molecule has 2 aliphatic heterocycles. The van der Waals surface area contributed by atoms with Gasteiger partial charge >= 0.3 is 0 Å². The number of ether oxygens (including phenoxy) is 2. The van der Waals surface area contributed by atoms with Crippen LogP contribution in [0.1, 0.15) is 5.69 Å². The third-order valence-corrected chi connectivity index (χ3v) is 4.30. The van der Waals surface area contributed by atoms with Gasteiger partial charge < -0.3 is 24.6 Å². The highest BCUT2D eigenvalue weighted by Crippen LogP contribution is 2.34. The van der Waals surface area contributed by atoms with Crippen LogP contribution >= 0.6 is 0 Å². The summed E-state index contributed by atoms with van der Waals surface area (Å²) in [6, 6.07) is 7.77. The van der Waals surface area contributed by atoms with E-state index in [2.05, 4.69) is 32.1 Å². The number of anilines is 3. The van der Waals surface area contributed by atoms with Gasteiger partial charge in [0.2, 0.25) is 12.7 Å². The summed E-state index contributed by atoms with van der Waals surface area (Å²) in [5.74, 6) is 3.08. The molecular formula is C17H21N5O2. The largest absolute Gasteiger partial charge is 0.454 e. The molecule has 0 aliphatic carbocycles. The Bertz CT molecular complexity index is 744. The molecule has 2 aromatic rings. The van der Waals surface area contributed by atoms with E-state index in [9.17, 15) is 0 Å². The van der Waals surface area contributed by atoms with Gasteiger partial charge in [0.1, 0.15) is 5.82 Å². The molecule has 126 valence electrons. The van der Waals surface area contributed by atoms with E-state index in [4.69, 9.17) is 9.47 Å². The Kier molecular flexibility index (Phi) is 3.86. The number of hydrogen-bond donors (Lipinski definition) is 1. The summed E-state index contributed by atoms with van der Waals surface area (Å²) in [5.41, 5.74) is 1.83. The minimum atomic E-state index is 0.271. The zero-order valence-corrected chi connectivity index (χ0v) is 14.0. The first-order chi connectivity index (χ1) is 11.7. The number of aryl methyl sites for hydroxylation is 1. The van der Waals surface area contributed by atoms with Crippen molar-refractivity contribution in [2.24, 2.45) is 0 Å². The van der Waals surface area contributed by atoms with Crippen LogP contribution in [0, 0.1) is 6.92 Å². The van der Waals surface area contributed by atoms with Crippen molar-refractivity contribution in [1.29, 1.82) is 0 Å². The number of aromatic nitrogens is 2. The fraction of sp³-hybridized carbons (Fsp3) is 0.412. The smallest absolute Gasteiger partial charge is 0.231 e. The molecule has 0 radical (unpaired) electrons. The minimum absolute atomic E-state index is 0.271. The third kappa shape index (κ3) is 3.07. The van der Waals surface area contributed by atoms with Crippen molar-refractivity contribution in [1.82, 2.24) is 14.9 Å². The summed E-state index contributed by atoms with van der Waals surface area (Å²) in [7, 11) is 2.15. The van der Waals surface area contributed by atoms with Crippen LogP contribution in [0.3, 0.4) is 0 Å². The Morgan fingerprint density at radius 3 is 2.62 bits per heavy atom. The summed E-state index contributed by atoms with van der Waals surface area (Å²) >= 11 is 0. The van der Waals surface area contributed by atoms with E-state index in [1.54, 1.807) is 0 Å². The van der Waals surface area contributed by atoms with Crippen molar-refractivity contribution in [3.05, 3.63) is 30.0 Å². The van der Waals surface area contributed by atoms with Gasteiger partial charge in [-0.2, -0.15) is 4.98 Å². The molecule has 1 aromatic heterocycles. The number of likely N-dealkylation sites (N-methyl/N-ethyl adjacent to an activating group) is 1. The van der Waals surface area contributed by atoms with E-state index in [0.717, 1.165) is 54.9 Å². The van der Waals surface area contributed by atoms with E-state index >= 15 is 0 Å². The highest BCUT2D eigenvalue weighted by molar-refractivity contribution is 5.61. The molecule has 1 aromatic carbocycles. The molecule has 7 nitrogen and oxygen atoms in total. The second kappa shape index (κ2) is 6.16. The van der Waals surface area contributed by atoms with Gasteiger partial charge in [-0.15, -0.1) is 0 Å². The molecule has 0 saturated carbocycles. The molecule has 1 saturated heterocycles. The number of benzene rings is 1. The van der Waals surface area contributed by atoms with Crippen molar-refractivity contribution in [3.8, 4) is 11.5 Å². The summed E-state index contributed by atoms with van der Waals surface area (Å²) in [5, 5.41) is 3.27. The summed E-state index contributed by atoms with van der Waals surface area (Å²) in [6.07, 6.45) is 0. The Labute approximate surface area is 141 Å². The van der Waals surface area contributed by atoms with Gasteiger partial charge in [0.05, 0.1) is 0 Å². The quantitative estimate of drug-likeness (QED) is 0.925. The van der Waals surface area contributed by atoms with Crippen LogP contribution in [0.4, 0.5) is 17.5 Å². The maximum absolute atomic E-state index is 5.41. The number of piperazine rings is 1. The molecule has 0 unspecified atom stereocenters. The SMILES string of the molecule is Cc1cc(N2CCN(C)CC2)nc(Nc2ccc3c(c2)OCO3)n1. The molecule has 2 aliphatic rings. The van der Waals surface area contributed by atoms with Crippen molar-refractivity contribution in [2.75, 3.05) is 50.2 Å². The van der Waals surface area contributed by atoms with Gasteiger partial charge in [-0.05, 0) is 26.1 Å². The average molecular weight is 327 g/mol. The van der Waals surface area contributed by atoms with Gasteiger partial charge in [0, 0.05) is 49.7 Å². The first kappa shape index (κ1) is 15.0. The van der Waals surface area contributed by atoms with Crippen LogP contribution in [-0.2, 0) is 0 Å². The molecule has 4 rings (SSSR count). The van der Waals surface area contributed by atoms with Crippen molar-refractivity contribution >= 4 is 17.5 Å². The van der Waals surface area contributed by atoms with Crippen LogP contribution in [0.5, 0.6) is 11.5 Å². The lowest BCUT2D eigenvalue weighted by Crippen LogP contribution is -2.44. The van der Waals surface area contributed by atoms with E-state index in [1.807, 2.05) is 31.2 Å². The standard InChI is InChI=1S/C17H21N5O2/c1-12-9-16(22-7-5-21(2)6-8-22)20-17(18-12)19-13-3-4-14-15(10-13)24-11-23-14/h3-4,9-10H,5-8,11H2,1-2H3,(H,18,19,20). The first-order valence-corrected chi connectivity index (χ1v) is 8.13. The van der Waals surface area contributed by atoms with E-state index in [1.165, 1.54) is 0 Å². The maximum Gasteiger partial charge on any atom is 0.231 e. The first-order valence-electron chi connectivity index (χ1n) is 8.13. The zero-order chi connectivity index (χ0) is 16.5. The fourth-order valence-corrected chi connectivity index (χ4v) is 2.91. The molecular weight excluding hydrogens is 306 g/mol. The van der Waals surface area contributed by atoms with E-state index < -0.39 is 0 Å². The molecule has 0 spiro atoms. The van der Waals surface area contributed by atoms with E-state index in [-0.39, 0.29) is 6.79 Å². The number of hydrogen-bond acceptors (Lipinski definition) is 7. The Hall–Kier alpha value is -2.54. The highest BCUT2D eigenvalue weighted by atomic mass is 16.7. The van der Waals surface area contributed by atoms with Crippen molar-refractivity contribution in [3.63, 3.8) is 0 Å². The van der Waals surface area contributed by atoms with Gasteiger partial charge in [-0.1, -0.05) is 0 Å².